The van der Waals surface area contributed by atoms with Gasteiger partial charge in [0.15, 0.2) is 6.08 Å². The van der Waals surface area contributed by atoms with Crippen molar-refractivity contribution in [2.45, 2.75) is 120 Å². The summed E-state index contributed by atoms with van der Waals surface area (Å²) in [5.41, 5.74) is 1.29. The first kappa shape index (κ1) is 29.0. The third-order valence-corrected chi connectivity index (χ3v) is 17.7. The lowest BCUT2D eigenvalue weighted by atomic mass is 10.0. The number of fused-ring (bicyclic) bond motifs is 4. The molecule has 2 aliphatic carbocycles. The maximum Gasteiger partial charge on any atom is 0.177 e. The lowest BCUT2D eigenvalue weighted by Crippen LogP contribution is -2.43. The normalized spacial score (nSPS) is 25.2. The number of hydrogen-bond acceptors (Lipinski definition) is 4. The van der Waals surface area contributed by atoms with Crippen LogP contribution in [0, 0.1) is 5.41 Å². The van der Waals surface area contributed by atoms with E-state index in [4.69, 9.17) is 9.47 Å². The van der Waals surface area contributed by atoms with Gasteiger partial charge < -0.3 is 9.47 Å². The van der Waals surface area contributed by atoms with Crippen molar-refractivity contribution in [1.29, 1.82) is 0 Å². The number of benzene rings is 2. The molecule has 8 rings (SSSR count). The van der Waals surface area contributed by atoms with Crippen molar-refractivity contribution >= 4 is 51.8 Å². The highest BCUT2D eigenvalue weighted by atomic mass is 32.2. The van der Waals surface area contributed by atoms with Gasteiger partial charge in [-0.1, -0.05) is 88.9 Å². The molecule has 39 heavy (non-hydrogen) atoms. The van der Waals surface area contributed by atoms with Crippen LogP contribution in [0.3, 0.4) is 0 Å². The van der Waals surface area contributed by atoms with Crippen molar-refractivity contribution in [3.63, 3.8) is 0 Å². The molecule has 4 fully saturated rings. The van der Waals surface area contributed by atoms with Crippen LogP contribution in [0.1, 0.15) is 77.7 Å². The summed E-state index contributed by atoms with van der Waals surface area (Å²) in [6.45, 7) is 7.14. The van der Waals surface area contributed by atoms with E-state index in [0.717, 1.165) is 0 Å². The first-order valence-corrected chi connectivity index (χ1v) is 19.6. The third kappa shape index (κ3) is 7.64. The summed E-state index contributed by atoms with van der Waals surface area (Å²) in [6.07, 6.45) is 15.8. The molecule has 208 valence electrons. The Kier molecular flexibility index (Phi) is 10.4. The minimum absolute atomic E-state index is 0.703. The van der Waals surface area contributed by atoms with Crippen LogP contribution < -0.4 is 4.50 Å². The molecule has 4 heterocycles. The first-order valence-electron chi connectivity index (χ1n) is 15.3. The summed E-state index contributed by atoms with van der Waals surface area (Å²) in [5, 5.41) is 4.52. The quantitative estimate of drug-likeness (QED) is 0.175. The minimum Gasteiger partial charge on any atom is -0.370 e. The van der Waals surface area contributed by atoms with Gasteiger partial charge in [0.1, 0.15) is 15.9 Å². The molecule has 0 amide bonds. The van der Waals surface area contributed by atoms with Crippen LogP contribution in [0.2, 0.25) is 18.1 Å². The SMILES string of the molecule is C1CCC2OC2C1.C1CCC2OC2C1.CC[Si](CC)(CC)c1cc2ccccc2s1.[C+]1=Cc2ccccc2S1. The molecule has 5 aliphatic rings. The number of thiophene rings is 1. The summed E-state index contributed by atoms with van der Waals surface area (Å²) in [7, 11) is -1.16. The zero-order chi connectivity index (χ0) is 27.1. The molecule has 3 aliphatic heterocycles. The van der Waals surface area contributed by atoms with Gasteiger partial charge in [-0.2, -0.15) is 0 Å². The summed E-state index contributed by atoms with van der Waals surface area (Å²) in [6, 6.07) is 23.7. The number of epoxide rings is 2. The van der Waals surface area contributed by atoms with Crippen LogP contribution in [0.4, 0.5) is 0 Å². The average Bonchev–Trinajstić information content (AvgIpc) is 3.86. The maximum absolute atomic E-state index is 5.28. The standard InChI is InChI=1S/C14H20SSi.C8H5S.2C6H10O/c1-4-16(5-2,6-3)14-11-12-9-7-8-10-13(12)15-14;1-2-4-8-7(3-1)5-6-9-8;2*1-2-4-6-5(3-1)7-6/h7-11H,4-6H2,1-3H3;1-5H;2*5-6H,1-4H2/q;+1;;. The Hall–Kier alpha value is -1.46. The number of thioether (sulfide) groups is 1. The number of ether oxygens (including phenoxy) is 2. The van der Waals surface area contributed by atoms with Crippen LogP contribution in [0.15, 0.2) is 59.5 Å². The first-order chi connectivity index (χ1) is 19.2. The zero-order valence-electron chi connectivity index (χ0n) is 24.0. The molecular weight excluding hydrogens is 533 g/mol. The van der Waals surface area contributed by atoms with Crippen LogP contribution in [0.5, 0.6) is 0 Å². The van der Waals surface area contributed by atoms with Crippen LogP contribution in [-0.2, 0) is 9.47 Å². The largest absolute Gasteiger partial charge is 0.370 e. The van der Waals surface area contributed by atoms with E-state index in [0.29, 0.717) is 24.4 Å². The monoisotopic (exact) mass is 577 g/mol. The molecule has 0 spiro atoms. The van der Waals surface area contributed by atoms with E-state index in [9.17, 15) is 0 Å². The van der Waals surface area contributed by atoms with Crippen molar-refractivity contribution in [2.24, 2.45) is 0 Å². The molecular formula is C34H45O2S2Si+. The predicted molar refractivity (Wildman–Crippen MR) is 173 cm³/mol. The van der Waals surface area contributed by atoms with Crippen molar-refractivity contribution in [1.82, 2.24) is 0 Å². The second-order valence-corrected chi connectivity index (χ2v) is 18.9. The molecule has 4 unspecified atom stereocenters. The summed E-state index contributed by atoms with van der Waals surface area (Å²) >= 11 is 3.70. The van der Waals surface area contributed by atoms with Gasteiger partial charge in [-0.05, 0) is 59.8 Å². The van der Waals surface area contributed by atoms with E-state index < -0.39 is 8.07 Å². The minimum atomic E-state index is -1.16. The van der Waals surface area contributed by atoms with Crippen molar-refractivity contribution in [3.8, 4) is 0 Å². The summed E-state index contributed by atoms with van der Waals surface area (Å²) < 4.78 is 13.7. The highest BCUT2D eigenvalue weighted by Gasteiger charge is 2.40. The van der Waals surface area contributed by atoms with Gasteiger partial charge in [-0.3, -0.25) is 0 Å². The van der Waals surface area contributed by atoms with Crippen LogP contribution in [-0.4, -0.2) is 32.5 Å². The van der Waals surface area contributed by atoms with Gasteiger partial charge in [0.05, 0.1) is 44.3 Å². The third-order valence-electron chi connectivity index (χ3n) is 9.11. The fourth-order valence-corrected chi connectivity index (χ4v) is 13.1. The molecule has 0 radical (unpaired) electrons. The molecule has 0 bridgehead atoms. The van der Waals surface area contributed by atoms with Gasteiger partial charge in [-0.15, -0.1) is 11.3 Å². The molecule has 1 aromatic heterocycles. The fraction of sp³-hybridized carbons (Fsp3) is 0.529. The van der Waals surface area contributed by atoms with Gasteiger partial charge in [0, 0.05) is 10.8 Å². The molecule has 5 heteroatoms. The Labute approximate surface area is 245 Å². The fourth-order valence-electron chi connectivity index (χ4n) is 6.12. The average molecular weight is 578 g/mol. The van der Waals surface area contributed by atoms with E-state index >= 15 is 0 Å². The summed E-state index contributed by atoms with van der Waals surface area (Å²) in [5.74, 6) is 0. The number of hydrogen-bond donors (Lipinski definition) is 0. The van der Waals surface area contributed by atoms with E-state index in [1.807, 2.05) is 29.5 Å². The van der Waals surface area contributed by atoms with E-state index in [-0.39, 0.29) is 0 Å². The molecule has 2 saturated heterocycles. The lowest BCUT2D eigenvalue weighted by Gasteiger charge is -2.26. The van der Waals surface area contributed by atoms with Crippen molar-refractivity contribution in [3.05, 3.63) is 65.6 Å². The smallest absolute Gasteiger partial charge is 0.177 e. The highest BCUT2D eigenvalue weighted by molar-refractivity contribution is 8.01. The highest BCUT2D eigenvalue weighted by Crippen LogP contribution is 2.36. The topological polar surface area (TPSA) is 25.1 Å². The van der Waals surface area contributed by atoms with E-state index in [1.165, 1.54) is 90.0 Å². The molecule has 2 saturated carbocycles. The molecule has 2 nitrogen and oxygen atoms in total. The lowest BCUT2D eigenvalue weighted by molar-refractivity contribution is 0.372. The van der Waals surface area contributed by atoms with Crippen molar-refractivity contribution < 1.29 is 9.47 Å². The second-order valence-electron chi connectivity index (χ2n) is 11.4. The maximum atomic E-state index is 5.28. The summed E-state index contributed by atoms with van der Waals surface area (Å²) in [4.78, 5) is 1.32. The molecule has 2 aromatic carbocycles. The van der Waals surface area contributed by atoms with Crippen molar-refractivity contribution in [2.75, 3.05) is 0 Å². The van der Waals surface area contributed by atoms with E-state index in [2.05, 4.69) is 68.6 Å². The molecule has 4 atom stereocenters. The Bertz CT molecular complexity index is 1130. The number of rotatable bonds is 4. The van der Waals surface area contributed by atoms with Crippen LogP contribution in [0.25, 0.3) is 16.2 Å². The van der Waals surface area contributed by atoms with Gasteiger partial charge in [0.25, 0.3) is 0 Å². The van der Waals surface area contributed by atoms with Crippen LogP contribution >= 0.6 is 23.1 Å². The van der Waals surface area contributed by atoms with Gasteiger partial charge >= 0.3 is 0 Å². The Morgan fingerprint density at radius 3 is 1.79 bits per heavy atom. The Morgan fingerprint density at radius 1 is 0.744 bits per heavy atom. The molecule has 0 N–H and O–H groups in total. The Morgan fingerprint density at radius 2 is 1.28 bits per heavy atom. The zero-order valence-corrected chi connectivity index (χ0v) is 26.6. The van der Waals surface area contributed by atoms with E-state index in [1.54, 1.807) is 16.3 Å². The second kappa shape index (κ2) is 13.9. The van der Waals surface area contributed by atoms with Gasteiger partial charge in [-0.25, -0.2) is 0 Å². The van der Waals surface area contributed by atoms with Gasteiger partial charge in [0.2, 0.25) is 0 Å². The Balaban J connectivity index is 0.000000113. The predicted octanol–water partition coefficient (Wildman–Crippen LogP) is 9.84. The molecule has 3 aromatic rings.